The van der Waals surface area contributed by atoms with E-state index >= 15 is 0 Å². The zero-order valence-corrected chi connectivity index (χ0v) is 20.8. The molecule has 2 N–H and O–H groups in total. The monoisotopic (exact) mass is 495 g/mol. The molecule has 0 radical (unpaired) electrons. The number of hydrogen-bond acceptors (Lipinski definition) is 5. The first-order valence-corrected chi connectivity index (χ1v) is 12.0. The molecule has 1 heterocycles. The predicted molar refractivity (Wildman–Crippen MR) is 143 cm³/mol. The van der Waals surface area contributed by atoms with Crippen LogP contribution in [0.25, 0.3) is 11.1 Å². The molecule has 0 unspecified atom stereocenters. The maximum Gasteiger partial charge on any atom is 0.119 e. The van der Waals surface area contributed by atoms with Crippen molar-refractivity contribution in [2.24, 2.45) is 0 Å². The van der Waals surface area contributed by atoms with Crippen molar-refractivity contribution in [3.8, 4) is 11.5 Å². The average molecular weight is 496 g/mol. The van der Waals surface area contributed by atoms with Crippen LogP contribution in [-0.4, -0.2) is 61.2 Å². The Morgan fingerprint density at radius 2 is 1.46 bits per heavy atom. The van der Waals surface area contributed by atoms with Crippen LogP contribution in [-0.2, 0) is 4.74 Å². The molecular formula is C29H34ClNO4. The fraction of sp³-hybridized carbons (Fsp3) is 0.310. The topological polar surface area (TPSA) is 62.2 Å². The number of ether oxygens (including phenoxy) is 2. The predicted octanol–water partition coefficient (Wildman–Crippen LogP) is 5.26. The normalized spacial score (nSPS) is 14.7. The van der Waals surface area contributed by atoms with E-state index < -0.39 is 0 Å². The van der Waals surface area contributed by atoms with Crippen molar-refractivity contribution in [3.63, 3.8) is 0 Å². The molecule has 1 saturated heterocycles. The Balaban J connectivity index is 0.00000342. The smallest absolute Gasteiger partial charge is 0.119 e. The average Bonchev–Trinajstić information content (AvgIpc) is 2.89. The first-order chi connectivity index (χ1) is 16.7. The third-order valence-electron chi connectivity index (χ3n) is 6.09. The minimum Gasteiger partial charge on any atom is -0.508 e. The molecule has 0 aliphatic carbocycles. The van der Waals surface area contributed by atoms with Crippen molar-refractivity contribution in [2.75, 3.05) is 46.1 Å². The number of rotatable bonds is 10. The standard InChI is InChI=1S/C29H33NO4.ClH/c31-19-4-7-28(23-5-2-1-3-6-23)29(24-8-12-26(32)13-9-24)25-10-14-27(15-11-25)34-22-18-30-16-20-33-21-17-30;/h1-3,5-6,8-15,31-32H,4,7,16-22H2;1H/b29-28-;. The van der Waals surface area contributed by atoms with Crippen molar-refractivity contribution < 1.29 is 19.7 Å². The lowest BCUT2D eigenvalue weighted by atomic mass is 9.87. The van der Waals surface area contributed by atoms with Crippen LogP contribution in [0.1, 0.15) is 29.5 Å². The van der Waals surface area contributed by atoms with Crippen LogP contribution in [0.3, 0.4) is 0 Å². The number of aliphatic hydroxyl groups excluding tert-OH is 1. The SMILES string of the molecule is Cl.OCCC/C(=C(\c1ccc(O)cc1)c1ccc(OCCN2CCOCC2)cc1)c1ccccc1. The van der Waals surface area contributed by atoms with E-state index in [1.165, 1.54) is 5.57 Å². The van der Waals surface area contributed by atoms with E-state index in [9.17, 15) is 10.2 Å². The molecule has 3 aromatic rings. The van der Waals surface area contributed by atoms with Gasteiger partial charge in [0.1, 0.15) is 18.1 Å². The minimum absolute atomic E-state index is 0. The fourth-order valence-electron chi connectivity index (χ4n) is 4.29. The zero-order chi connectivity index (χ0) is 23.6. The number of phenols is 1. The third-order valence-corrected chi connectivity index (χ3v) is 6.09. The van der Waals surface area contributed by atoms with Gasteiger partial charge in [-0.05, 0) is 64.9 Å². The van der Waals surface area contributed by atoms with Crippen LogP contribution in [0.2, 0.25) is 0 Å². The molecule has 5 nitrogen and oxygen atoms in total. The molecule has 0 bridgehead atoms. The van der Waals surface area contributed by atoms with E-state index in [4.69, 9.17) is 9.47 Å². The summed E-state index contributed by atoms with van der Waals surface area (Å²) in [6, 6.07) is 25.8. The highest BCUT2D eigenvalue weighted by Crippen LogP contribution is 2.36. The maximum atomic E-state index is 9.84. The lowest BCUT2D eigenvalue weighted by molar-refractivity contribution is 0.0322. The van der Waals surface area contributed by atoms with Gasteiger partial charge >= 0.3 is 0 Å². The molecule has 4 rings (SSSR count). The number of nitrogens with zero attached hydrogens (tertiary/aromatic N) is 1. The summed E-state index contributed by atoms with van der Waals surface area (Å²) < 4.78 is 11.4. The summed E-state index contributed by atoms with van der Waals surface area (Å²) in [6.07, 6.45) is 1.42. The zero-order valence-electron chi connectivity index (χ0n) is 19.9. The molecule has 0 amide bonds. The molecule has 1 aliphatic rings. The summed E-state index contributed by atoms with van der Waals surface area (Å²) in [7, 11) is 0. The molecule has 0 spiro atoms. The molecule has 3 aromatic carbocycles. The molecular weight excluding hydrogens is 462 g/mol. The molecule has 1 fully saturated rings. The minimum atomic E-state index is 0. The largest absolute Gasteiger partial charge is 0.508 e. The summed E-state index contributed by atoms with van der Waals surface area (Å²) in [6.45, 7) is 5.17. The summed E-state index contributed by atoms with van der Waals surface area (Å²) in [4.78, 5) is 2.36. The van der Waals surface area contributed by atoms with E-state index in [1.807, 2.05) is 42.5 Å². The Morgan fingerprint density at radius 1 is 0.829 bits per heavy atom. The van der Waals surface area contributed by atoms with Crippen LogP contribution >= 0.6 is 12.4 Å². The van der Waals surface area contributed by atoms with Gasteiger partial charge in [-0.3, -0.25) is 4.90 Å². The van der Waals surface area contributed by atoms with Crippen molar-refractivity contribution in [1.82, 2.24) is 4.90 Å². The van der Waals surface area contributed by atoms with Gasteiger partial charge in [-0.2, -0.15) is 0 Å². The lowest BCUT2D eigenvalue weighted by Crippen LogP contribution is -2.38. The van der Waals surface area contributed by atoms with E-state index in [1.54, 1.807) is 12.1 Å². The van der Waals surface area contributed by atoms with Gasteiger partial charge in [0.25, 0.3) is 0 Å². The molecule has 0 saturated carbocycles. The number of phenolic OH excluding ortho intramolecular Hbond substituents is 1. The molecule has 35 heavy (non-hydrogen) atoms. The van der Waals surface area contributed by atoms with E-state index in [-0.39, 0.29) is 24.8 Å². The number of aliphatic hydroxyl groups is 1. The highest BCUT2D eigenvalue weighted by atomic mass is 35.5. The number of aromatic hydroxyl groups is 1. The van der Waals surface area contributed by atoms with Crippen LogP contribution in [0, 0.1) is 0 Å². The molecule has 0 aromatic heterocycles. The van der Waals surface area contributed by atoms with Gasteiger partial charge < -0.3 is 19.7 Å². The Hall–Kier alpha value is -2.83. The third kappa shape index (κ3) is 7.58. The second-order valence-electron chi connectivity index (χ2n) is 8.42. The number of hydrogen-bond donors (Lipinski definition) is 2. The molecule has 1 aliphatic heterocycles. The van der Waals surface area contributed by atoms with Gasteiger partial charge in [-0.1, -0.05) is 54.6 Å². The Bertz CT molecular complexity index is 1050. The first kappa shape index (κ1) is 26.8. The molecule has 186 valence electrons. The fourth-order valence-corrected chi connectivity index (χ4v) is 4.29. The number of benzene rings is 3. The van der Waals surface area contributed by atoms with Crippen LogP contribution in [0.5, 0.6) is 11.5 Å². The second kappa shape index (κ2) is 13.9. The van der Waals surface area contributed by atoms with Crippen LogP contribution < -0.4 is 4.74 Å². The highest BCUT2D eigenvalue weighted by Gasteiger charge is 2.15. The van der Waals surface area contributed by atoms with E-state index in [0.717, 1.165) is 67.3 Å². The number of halogens is 1. The van der Waals surface area contributed by atoms with Crippen molar-refractivity contribution in [2.45, 2.75) is 12.8 Å². The lowest BCUT2D eigenvalue weighted by Gasteiger charge is -2.26. The van der Waals surface area contributed by atoms with Gasteiger partial charge in [0.15, 0.2) is 0 Å². The van der Waals surface area contributed by atoms with Gasteiger partial charge in [0.05, 0.1) is 13.2 Å². The van der Waals surface area contributed by atoms with E-state index in [2.05, 4.69) is 29.2 Å². The Morgan fingerprint density at radius 3 is 2.09 bits per heavy atom. The quantitative estimate of drug-likeness (QED) is 0.376. The first-order valence-electron chi connectivity index (χ1n) is 12.0. The van der Waals surface area contributed by atoms with Crippen molar-refractivity contribution >= 4 is 23.6 Å². The Labute approximate surface area is 214 Å². The van der Waals surface area contributed by atoms with Crippen LogP contribution in [0.15, 0.2) is 78.9 Å². The van der Waals surface area contributed by atoms with Gasteiger partial charge in [-0.25, -0.2) is 0 Å². The van der Waals surface area contributed by atoms with Crippen molar-refractivity contribution in [3.05, 3.63) is 95.6 Å². The number of allylic oxidation sites excluding steroid dienone is 1. The summed E-state index contributed by atoms with van der Waals surface area (Å²) in [5.41, 5.74) is 5.49. The Kier molecular flexibility index (Phi) is 10.6. The summed E-state index contributed by atoms with van der Waals surface area (Å²) in [5, 5.41) is 19.4. The summed E-state index contributed by atoms with van der Waals surface area (Å²) >= 11 is 0. The van der Waals surface area contributed by atoms with Gasteiger partial charge in [0, 0.05) is 26.2 Å². The summed E-state index contributed by atoms with van der Waals surface area (Å²) in [5.74, 6) is 1.09. The maximum absolute atomic E-state index is 9.84. The van der Waals surface area contributed by atoms with Gasteiger partial charge in [0.2, 0.25) is 0 Å². The van der Waals surface area contributed by atoms with Crippen LogP contribution in [0.4, 0.5) is 0 Å². The van der Waals surface area contributed by atoms with E-state index in [0.29, 0.717) is 13.0 Å². The molecule has 6 heteroatoms. The van der Waals surface area contributed by atoms with Crippen molar-refractivity contribution in [1.29, 1.82) is 0 Å². The van der Waals surface area contributed by atoms with Gasteiger partial charge in [-0.15, -0.1) is 12.4 Å². The number of morpholine rings is 1. The highest BCUT2D eigenvalue weighted by molar-refractivity contribution is 5.98. The second-order valence-corrected chi connectivity index (χ2v) is 8.42. The molecule has 0 atom stereocenters.